The van der Waals surface area contributed by atoms with E-state index in [0.717, 1.165) is 19.3 Å². The Balaban J connectivity index is 0. The summed E-state index contributed by atoms with van der Waals surface area (Å²) in [6, 6.07) is 0. The van der Waals surface area contributed by atoms with Crippen molar-refractivity contribution in [3.05, 3.63) is 0 Å². The summed E-state index contributed by atoms with van der Waals surface area (Å²) >= 11 is 0. The number of hydrogen-bond donors (Lipinski definition) is 1. The van der Waals surface area contributed by atoms with Crippen molar-refractivity contribution in [1.29, 1.82) is 0 Å². The maximum Gasteiger partial charge on any atom is 1.00 e. The van der Waals surface area contributed by atoms with Crippen LogP contribution in [0.5, 0.6) is 0 Å². The summed E-state index contributed by atoms with van der Waals surface area (Å²) in [5, 5.41) is 8.75. The minimum Gasteiger partial charge on any atom is -0.748 e. The first-order chi connectivity index (χ1) is 11.9. The van der Waals surface area contributed by atoms with Crippen LogP contribution in [-0.2, 0) is 10.1 Å². The minimum absolute atomic E-state index is 0. The maximum absolute atomic E-state index is 11.4. The van der Waals surface area contributed by atoms with Gasteiger partial charge in [0, 0.05) is 5.25 Å². The predicted molar refractivity (Wildman–Crippen MR) is 105 cm³/mol. The first kappa shape index (κ1) is 29.1. The minimum atomic E-state index is -4.21. The zero-order valence-electron chi connectivity index (χ0n) is 17.5. The van der Waals surface area contributed by atoms with E-state index in [1.54, 1.807) is 0 Å². The van der Waals surface area contributed by atoms with Crippen LogP contribution >= 0.6 is 0 Å². The van der Waals surface area contributed by atoms with E-state index in [9.17, 15) is 18.1 Å². The van der Waals surface area contributed by atoms with Gasteiger partial charge in [0.1, 0.15) is 0 Å². The molecule has 2 unspecified atom stereocenters. The van der Waals surface area contributed by atoms with Crippen LogP contribution in [0.1, 0.15) is 117 Å². The van der Waals surface area contributed by atoms with Crippen LogP contribution in [0.25, 0.3) is 0 Å². The first-order valence-corrected chi connectivity index (χ1v) is 12.0. The molecule has 0 bridgehead atoms. The number of rotatable bonds is 18. The van der Waals surface area contributed by atoms with Crippen molar-refractivity contribution >= 4 is 10.1 Å². The molecule has 0 saturated carbocycles. The molecular formula is C20H41NaO4S. The van der Waals surface area contributed by atoms with Crippen LogP contribution in [-0.4, -0.2) is 29.4 Å². The molecule has 152 valence electrons. The molecule has 0 aromatic carbocycles. The van der Waals surface area contributed by atoms with Gasteiger partial charge in [0.25, 0.3) is 0 Å². The van der Waals surface area contributed by atoms with Gasteiger partial charge in [0.15, 0.2) is 0 Å². The second kappa shape index (κ2) is 19.2. The molecule has 26 heavy (non-hydrogen) atoms. The van der Waals surface area contributed by atoms with E-state index in [1.807, 2.05) is 6.92 Å². The van der Waals surface area contributed by atoms with Crippen molar-refractivity contribution in [3.63, 3.8) is 0 Å². The fraction of sp³-hybridized carbons (Fsp3) is 1.00. The molecule has 0 saturated heterocycles. The molecule has 0 aliphatic heterocycles. The molecule has 0 rings (SSSR count). The topological polar surface area (TPSA) is 77.4 Å². The Morgan fingerprint density at radius 3 is 1.58 bits per heavy atom. The molecule has 2 atom stereocenters. The first-order valence-electron chi connectivity index (χ1n) is 10.5. The van der Waals surface area contributed by atoms with E-state index in [2.05, 4.69) is 6.92 Å². The molecule has 0 radical (unpaired) electrons. The van der Waals surface area contributed by atoms with Crippen LogP contribution in [0.3, 0.4) is 0 Å². The van der Waals surface area contributed by atoms with Gasteiger partial charge < -0.3 is 9.66 Å². The van der Waals surface area contributed by atoms with E-state index in [0.29, 0.717) is 32.1 Å². The predicted octanol–water partition coefficient (Wildman–Crippen LogP) is 2.55. The largest absolute Gasteiger partial charge is 1.00 e. The van der Waals surface area contributed by atoms with Crippen LogP contribution in [0, 0.1) is 0 Å². The van der Waals surface area contributed by atoms with Gasteiger partial charge in [-0.25, -0.2) is 8.42 Å². The fourth-order valence-corrected chi connectivity index (χ4v) is 4.17. The van der Waals surface area contributed by atoms with E-state index < -0.39 is 15.4 Å². The summed E-state index contributed by atoms with van der Waals surface area (Å²) in [5.74, 6) is 0. The van der Waals surface area contributed by atoms with E-state index in [1.165, 1.54) is 51.4 Å². The van der Waals surface area contributed by atoms with Crippen LogP contribution < -0.4 is 29.6 Å². The van der Waals surface area contributed by atoms with Gasteiger partial charge in [-0.3, -0.25) is 0 Å². The van der Waals surface area contributed by atoms with Gasteiger partial charge >= 0.3 is 29.6 Å². The molecule has 0 amide bonds. The summed E-state index contributed by atoms with van der Waals surface area (Å²) in [6.45, 7) is 4.13. The number of aliphatic hydroxyl groups is 1. The molecule has 4 nitrogen and oxygen atoms in total. The third kappa shape index (κ3) is 18.2. The summed E-state index contributed by atoms with van der Waals surface area (Å²) in [5.41, 5.74) is 0. The third-order valence-electron chi connectivity index (χ3n) is 5.07. The smallest absolute Gasteiger partial charge is 0.748 e. The summed E-state index contributed by atoms with van der Waals surface area (Å²) in [7, 11) is -4.21. The van der Waals surface area contributed by atoms with Gasteiger partial charge in [0.2, 0.25) is 0 Å². The zero-order valence-corrected chi connectivity index (χ0v) is 20.4. The molecule has 0 spiro atoms. The van der Waals surface area contributed by atoms with Crippen molar-refractivity contribution in [2.45, 2.75) is 128 Å². The van der Waals surface area contributed by atoms with Crippen molar-refractivity contribution < 1.29 is 47.6 Å². The molecule has 0 heterocycles. The molecular weight excluding hydrogens is 359 g/mol. The molecule has 0 aliphatic rings. The number of aliphatic hydroxyl groups excluding tert-OH is 1. The van der Waals surface area contributed by atoms with Crippen LogP contribution in [0.15, 0.2) is 0 Å². The Bertz CT molecular complexity index is 387. The van der Waals surface area contributed by atoms with Gasteiger partial charge in [-0.05, 0) is 32.1 Å². The van der Waals surface area contributed by atoms with Gasteiger partial charge in [-0.1, -0.05) is 84.5 Å². The standard InChI is InChI=1S/C20H42O4S.Na/c1-3-5-6-7-8-9-10-11-12-13-14-17-20(25(22,23)24)18-15-16-19(21)4-2;/h19-21H,3-18H2,1-2H3,(H,22,23,24);/q;+1/p-1. The van der Waals surface area contributed by atoms with Crippen LogP contribution in [0.4, 0.5) is 0 Å². The summed E-state index contributed by atoms with van der Waals surface area (Å²) < 4.78 is 34.1. The molecule has 0 aromatic heterocycles. The number of unbranched alkanes of at least 4 members (excludes halogenated alkanes) is 10. The van der Waals surface area contributed by atoms with Gasteiger partial charge in [0.05, 0.1) is 16.2 Å². The molecule has 1 N–H and O–H groups in total. The zero-order chi connectivity index (χ0) is 19.0. The fourth-order valence-electron chi connectivity index (χ4n) is 3.25. The Morgan fingerprint density at radius 1 is 0.731 bits per heavy atom. The Labute approximate surface area is 185 Å². The number of hydrogen-bond acceptors (Lipinski definition) is 4. The normalized spacial score (nSPS) is 14.0. The van der Waals surface area contributed by atoms with E-state index in [4.69, 9.17) is 0 Å². The summed E-state index contributed by atoms with van der Waals surface area (Å²) in [6.07, 6.45) is 15.8. The summed E-state index contributed by atoms with van der Waals surface area (Å²) in [4.78, 5) is 0. The monoisotopic (exact) mass is 400 g/mol. The third-order valence-corrected chi connectivity index (χ3v) is 6.36. The SMILES string of the molecule is CCCCCCCCCCCCCC(CCCC(O)CC)S(=O)(=O)[O-].[Na+]. The average molecular weight is 401 g/mol. The van der Waals surface area contributed by atoms with Crippen molar-refractivity contribution in [2.75, 3.05) is 0 Å². The Hall–Kier alpha value is 0.870. The maximum atomic E-state index is 11.4. The Morgan fingerprint density at radius 2 is 1.15 bits per heavy atom. The quantitative estimate of drug-likeness (QED) is 0.218. The van der Waals surface area contributed by atoms with Crippen molar-refractivity contribution in [3.8, 4) is 0 Å². The average Bonchev–Trinajstić information content (AvgIpc) is 2.56. The second-order valence-corrected chi connectivity index (χ2v) is 9.08. The molecule has 0 aliphatic carbocycles. The second-order valence-electron chi connectivity index (χ2n) is 7.43. The molecule has 6 heteroatoms. The van der Waals surface area contributed by atoms with E-state index >= 15 is 0 Å². The van der Waals surface area contributed by atoms with Gasteiger partial charge in [-0.15, -0.1) is 0 Å². The van der Waals surface area contributed by atoms with Crippen molar-refractivity contribution in [1.82, 2.24) is 0 Å². The van der Waals surface area contributed by atoms with Crippen LogP contribution in [0.2, 0.25) is 0 Å². The molecule has 0 aromatic rings. The van der Waals surface area contributed by atoms with Gasteiger partial charge in [-0.2, -0.15) is 0 Å². The van der Waals surface area contributed by atoms with E-state index in [-0.39, 0.29) is 35.7 Å². The molecule has 0 fully saturated rings. The Kier molecular flexibility index (Phi) is 21.5. The van der Waals surface area contributed by atoms with Crippen molar-refractivity contribution in [2.24, 2.45) is 0 Å².